The Morgan fingerprint density at radius 1 is 1.11 bits per heavy atom. The molecule has 196 valence electrons. The van der Waals surface area contributed by atoms with Crippen molar-refractivity contribution in [3.05, 3.63) is 70.4 Å². The average Bonchev–Trinajstić information content (AvgIpc) is 3.54. The summed E-state index contributed by atoms with van der Waals surface area (Å²) < 4.78 is 1.78. The topological polar surface area (TPSA) is 70.7 Å². The number of aromatic carboxylic acids is 1. The normalized spacial score (nSPS) is 20.8. The summed E-state index contributed by atoms with van der Waals surface area (Å²) in [7, 11) is 2.18. The van der Waals surface area contributed by atoms with Crippen molar-refractivity contribution in [3.63, 3.8) is 0 Å². The average molecular weight is 527 g/mol. The summed E-state index contributed by atoms with van der Waals surface area (Å²) in [6.45, 7) is 6.35. The number of carboxylic acid groups (broad SMARTS) is 1. The van der Waals surface area contributed by atoms with Gasteiger partial charge in [-0.3, -0.25) is 0 Å². The number of carbonyl (C=O) groups is 1. The number of rotatable bonds is 5. The lowest BCUT2D eigenvalue weighted by Gasteiger charge is -2.35. The number of hydrogen-bond acceptors (Lipinski definition) is 5. The molecule has 0 radical (unpaired) electrons. The van der Waals surface area contributed by atoms with Crippen LogP contribution in [0.2, 0.25) is 0 Å². The van der Waals surface area contributed by atoms with E-state index < -0.39 is 5.97 Å². The second kappa shape index (κ2) is 10.1. The van der Waals surface area contributed by atoms with Crippen LogP contribution in [0, 0.1) is 18.8 Å². The lowest BCUT2D eigenvalue weighted by Crippen LogP contribution is -2.31. The molecule has 0 spiro atoms. The number of aryl methyl sites for hydroxylation is 1. The number of aromatic nitrogens is 3. The third-order valence-corrected chi connectivity index (χ3v) is 9.53. The van der Waals surface area contributed by atoms with E-state index in [-0.39, 0.29) is 0 Å². The molecule has 38 heavy (non-hydrogen) atoms. The molecule has 2 aliphatic rings. The molecule has 0 bridgehead atoms. The van der Waals surface area contributed by atoms with Gasteiger partial charge in [0.1, 0.15) is 4.88 Å². The number of hydrogen-bond donors (Lipinski definition) is 1. The summed E-state index contributed by atoms with van der Waals surface area (Å²) in [5.41, 5.74) is 8.61. The van der Waals surface area contributed by atoms with Gasteiger partial charge in [-0.1, -0.05) is 31.9 Å². The Morgan fingerprint density at radius 3 is 2.66 bits per heavy atom. The molecule has 1 aromatic carbocycles. The van der Waals surface area contributed by atoms with Crippen molar-refractivity contribution in [2.24, 2.45) is 11.8 Å². The fourth-order valence-corrected chi connectivity index (χ4v) is 7.22. The van der Waals surface area contributed by atoms with Gasteiger partial charge >= 0.3 is 5.97 Å². The molecule has 1 fully saturated rings. The molecule has 0 saturated heterocycles. The zero-order valence-electron chi connectivity index (χ0n) is 22.3. The highest BCUT2D eigenvalue weighted by Gasteiger charge is 2.30. The van der Waals surface area contributed by atoms with Gasteiger partial charge in [-0.05, 0) is 85.5 Å². The van der Waals surface area contributed by atoms with E-state index in [0.29, 0.717) is 10.8 Å². The minimum absolute atomic E-state index is 0.467. The number of likely N-dealkylation sites (N-methyl/N-ethyl adjacent to an activating group) is 1. The summed E-state index contributed by atoms with van der Waals surface area (Å²) in [6, 6.07) is 12.3. The largest absolute Gasteiger partial charge is 0.477 e. The van der Waals surface area contributed by atoms with Crippen LogP contribution in [0.3, 0.4) is 0 Å². The smallest absolute Gasteiger partial charge is 0.346 e. The first kappa shape index (κ1) is 25.0. The lowest BCUT2D eigenvalue weighted by atomic mass is 9.75. The predicted octanol–water partition coefficient (Wildman–Crippen LogP) is 7.05. The van der Waals surface area contributed by atoms with Gasteiger partial charge in [0.05, 0.1) is 5.69 Å². The van der Waals surface area contributed by atoms with E-state index in [1.165, 1.54) is 48.2 Å². The minimum atomic E-state index is -0.829. The zero-order valence-corrected chi connectivity index (χ0v) is 23.1. The van der Waals surface area contributed by atoms with E-state index in [9.17, 15) is 9.90 Å². The minimum Gasteiger partial charge on any atom is -0.477 e. The van der Waals surface area contributed by atoms with Gasteiger partial charge in [0.15, 0.2) is 5.65 Å². The van der Waals surface area contributed by atoms with Crippen molar-refractivity contribution in [1.82, 2.24) is 19.5 Å². The molecule has 1 aliphatic carbocycles. The lowest BCUT2D eigenvalue weighted by molar-refractivity contribution is 0.0702. The standard InChI is InChI=1S/C31H34N4O2S/c1-19-5-7-21(8-6-19)26-18-34(3)14-11-24(26)25-16-28(38-30(25)31(36)37)22-9-10-23(20(2)15-22)27-17-29-32-12-4-13-35(29)33-27/h4,9-10,12-13,15-17,19,21H,5-8,11,14,18H2,1-3H3,(H,36,37). The SMILES string of the molecule is Cc1cc(-c2cc(C3=C(C4CCC(C)CC4)CN(C)CC3)c(C(=O)O)s2)ccc1-c1cc2ncccn2n1. The maximum absolute atomic E-state index is 12.5. The third kappa shape index (κ3) is 4.69. The summed E-state index contributed by atoms with van der Waals surface area (Å²) >= 11 is 1.40. The first-order valence-electron chi connectivity index (χ1n) is 13.6. The monoisotopic (exact) mass is 526 g/mol. The van der Waals surface area contributed by atoms with Crippen molar-refractivity contribution in [1.29, 1.82) is 0 Å². The van der Waals surface area contributed by atoms with Crippen LogP contribution in [0.5, 0.6) is 0 Å². The van der Waals surface area contributed by atoms with E-state index in [2.05, 4.69) is 60.1 Å². The molecule has 0 unspecified atom stereocenters. The summed E-state index contributed by atoms with van der Waals surface area (Å²) in [5, 5.41) is 14.9. The Morgan fingerprint density at radius 2 is 1.92 bits per heavy atom. The number of carboxylic acids is 1. The maximum Gasteiger partial charge on any atom is 0.346 e. The molecule has 7 heteroatoms. The van der Waals surface area contributed by atoms with Gasteiger partial charge in [-0.15, -0.1) is 11.3 Å². The van der Waals surface area contributed by atoms with E-state index in [1.807, 2.05) is 18.3 Å². The van der Waals surface area contributed by atoms with Crippen LogP contribution in [-0.2, 0) is 0 Å². The molecular weight excluding hydrogens is 492 g/mol. The second-order valence-corrected chi connectivity index (χ2v) is 12.1. The highest BCUT2D eigenvalue weighted by molar-refractivity contribution is 7.17. The molecule has 3 aromatic heterocycles. The fraction of sp³-hybridized carbons (Fsp3) is 0.387. The van der Waals surface area contributed by atoms with Crippen molar-refractivity contribution < 1.29 is 9.90 Å². The van der Waals surface area contributed by atoms with Gasteiger partial charge in [0.25, 0.3) is 0 Å². The molecule has 0 atom stereocenters. The van der Waals surface area contributed by atoms with Crippen LogP contribution in [0.25, 0.3) is 32.9 Å². The van der Waals surface area contributed by atoms with Crippen LogP contribution >= 0.6 is 11.3 Å². The van der Waals surface area contributed by atoms with Crippen molar-refractivity contribution >= 4 is 28.5 Å². The highest BCUT2D eigenvalue weighted by Crippen LogP contribution is 2.43. The number of nitrogens with zero attached hydrogens (tertiary/aromatic N) is 4. The molecule has 1 aliphatic heterocycles. The van der Waals surface area contributed by atoms with Crippen molar-refractivity contribution in [2.45, 2.75) is 46.0 Å². The number of fused-ring (bicyclic) bond motifs is 1. The van der Waals surface area contributed by atoms with E-state index in [1.54, 1.807) is 10.7 Å². The first-order chi connectivity index (χ1) is 18.4. The molecule has 4 heterocycles. The quantitative estimate of drug-likeness (QED) is 0.302. The predicted molar refractivity (Wildman–Crippen MR) is 154 cm³/mol. The Balaban J connectivity index is 1.38. The Bertz CT molecular complexity index is 1510. The van der Waals surface area contributed by atoms with Crippen LogP contribution in [0.1, 0.15) is 59.8 Å². The molecule has 1 N–H and O–H groups in total. The molecule has 6 nitrogen and oxygen atoms in total. The second-order valence-electron chi connectivity index (χ2n) is 11.1. The summed E-state index contributed by atoms with van der Waals surface area (Å²) in [5.74, 6) is 0.530. The summed E-state index contributed by atoms with van der Waals surface area (Å²) in [4.78, 5) is 20.7. The van der Waals surface area contributed by atoms with Crippen LogP contribution in [-0.4, -0.2) is 50.7 Å². The summed E-state index contributed by atoms with van der Waals surface area (Å²) in [6.07, 6.45) is 9.54. The van der Waals surface area contributed by atoms with Gasteiger partial charge in [0, 0.05) is 47.6 Å². The van der Waals surface area contributed by atoms with Crippen molar-refractivity contribution in [3.8, 4) is 21.7 Å². The van der Waals surface area contributed by atoms with Gasteiger partial charge < -0.3 is 10.0 Å². The van der Waals surface area contributed by atoms with Gasteiger partial charge in [-0.2, -0.15) is 5.10 Å². The molecule has 6 rings (SSSR count). The third-order valence-electron chi connectivity index (χ3n) is 8.35. The fourth-order valence-electron chi connectivity index (χ4n) is 6.20. The van der Waals surface area contributed by atoms with Crippen LogP contribution in [0.15, 0.2) is 54.4 Å². The Kier molecular flexibility index (Phi) is 6.66. The Hall–Kier alpha value is -3.29. The first-order valence-corrected chi connectivity index (χ1v) is 14.4. The maximum atomic E-state index is 12.5. The number of thiophene rings is 1. The number of benzene rings is 1. The highest BCUT2D eigenvalue weighted by atomic mass is 32.1. The molecule has 0 amide bonds. The van der Waals surface area contributed by atoms with Gasteiger partial charge in [-0.25, -0.2) is 14.3 Å². The zero-order chi connectivity index (χ0) is 26.4. The van der Waals surface area contributed by atoms with E-state index >= 15 is 0 Å². The molecule has 4 aromatic rings. The van der Waals surface area contributed by atoms with Crippen LogP contribution < -0.4 is 0 Å². The van der Waals surface area contributed by atoms with Crippen LogP contribution in [0.4, 0.5) is 0 Å². The Labute approximate surface area is 227 Å². The van der Waals surface area contributed by atoms with Crippen molar-refractivity contribution in [2.75, 3.05) is 20.1 Å². The van der Waals surface area contributed by atoms with E-state index in [0.717, 1.165) is 63.9 Å². The molecular formula is C31H34N4O2S. The van der Waals surface area contributed by atoms with E-state index in [4.69, 9.17) is 0 Å². The van der Waals surface area contributed by atoms with Gasteiger partial charge in [0.2, 0.25) is 0 Å². The molecule has 1 saturated carbocycles.